The molecule has 0 aromatic carbocycles. The molecule has 0 fully saturated rings. The SMILES string of the molecule is [C-]#[N+]C(C(=O)OC)C(C)C(=O)OP. The van der Waals surface area contributed by atoms with Crippen molar-refractivity contribution >= 4 is 21.4 Å². The Bertz CT molecular complexity index is 247. The van der Waals surface area contributed by atoms with Crippen LogP contribution < -0.4 is 0 Å². The fourth-order valence-electron chi connectivity index (χ4n) is 0.726. The molecule has 5 nitrogen and oxygen atoms in total. The van der Waals surface area contributed by atoms with Crippen molar-refractivity contribution in [3.05, 3.63) is 11.4 Å². The molecule has 0 aliphatic carbocycles. The Morgan fingerprint density at radius 2 is 2.00 bits per heavy atom. The van der Waals surface area contributed by atoms with Crippen LogP contribution in [0.5, 0.6) is 0 Å². The van der Waals surface area contributed by atoms with Gasteiger partial charge in [0.15, 0.2) is 0 Å². The fraction of sp³-hybridized carbons (Fsp3) is 0.571. The van der Waals surface area contributed by atoms with Crippen molar-refractivity contribution in [2.24, 2.45) is 5.92 Å². The number of esters is 1. The van der Waals surface area contributed by atoms with E-state index in [4.69, 9.17) is 6.57 Å². The van der Waals surface area contributed by atoms with Crippen LogP contribution in [0.1, 0.15) is 6.92 Å². The van der Waals surface area contributed by atoms with E-state index in [0.29, 0.717) is 0 Å². The Kier molecular flexibility index (Phi) is 5.01. The van der Waals surface area contributed by atoms with Gasteiger partial charge in [-0.25, -0.2) is 11.4 Å². The van der Waals surface area contributed by atoms with Crippen molar-refractivity contribution in [2.45, 2.75) is 13.0 Å². The van der Waals surface area contributed by atoms with E-state index in [1.54, 1.807) is 9.47 Å². The van der Waals surface area contributed by atoms with Crippen LogP contribution in [0.25, 0.3) is 4.85 Å². The Hall–Kier alpha value is -1.14. The smallest absolute Gasteiger partial charge is 0.390 e. The number of hydrogen-bond donors (Lipinski definition) is 0. The first kappa shape index (κ1) is 11.9. The van der Waals surface area contributed by atoms with Gasteiger partial charge in [-0.2, -0.15) is 0 Å². The van der Waals surface area contributed by atoms with Crippen molar-refractivity contribution in [3.8, 4) is 0 Å². The average Bonchev–Trinajstić information content (AvgIpc) is 2.17. The lowest BCUT2D eigenvalue weighted by Crippen LogP contribution is -2.31. The van der Waals surface area contributed by atoms with Crippen LogP contribution in [-0.4, -0.2) is 25.1 Å². The molecule has 0 aliphatic rings. The summed E-state index contributed by atoms with van der Waals surface area (Å²) in [7, 11) is 2.94. The highest BCUT2D eigenvalue weighted by atomic mass is 31.0. The number of carbonyl (C=O) groups excluding carboxylic acids is 2. The number of nitrogens with zero attached hydrogens (tertiary/aromatic N) is 1. The van der Waals surface area contributed by atoms with Crippen molar-refractivity contribution in [1.82, 2.24) is 0 Å². The summed E-state index contributed by atoms with van der Waals surface area (Å²) in [6.45, 7) is 8.14. The molecule has 0 spiro atoms. The number of methoxy groups -OCH3 is 1. The first-order chi connectivity index (χ1) is 6.08. The summed E-state index contributed by atoms with van der Waals surface area (Å²) in [4.78, 5) is 24.9. The first-order valence-corrected chi connectivity index (χ1v) is 3.90. The topological polar surface area (TPSA) is 57.0 Å². The highest BCUT2D eigenvalue weighted by molar-refractivity contribution is 7.10. The summed E-state index contributed by atoms with van der Waals surface area (Å²) in [5.41, 5.74) is 0. The zero-order valence-corrected chi connectivity index (χ0v) is 8.47. The van der Waals surface area contributed by atoms with E-state index in [2.05, 4.69) is 14.1 Å². The van der Waals surface area contributed by atoms with Gasteiger partial charge in [0.2, 0.25) is 0 Å². The predicted molar refractivity (Wildman–Crippen MR) is 47.4 cm³/mol. The van der Waals surface area contributed by atoms with Gasteiger partial charge in [0, 0.05) is 0 Å². The summed E-state index contributed by atoms with van der Waals surface area (Å²) in [6.07, 6.45) is 0. The minimum Gasteiger partial charge on any atom is -0.463 e. The fourth-order valence-corrected chi connectivity index (χ4v) is 0.940. The molecule has 13 heavy (non-hydrogen) atoms. The third-order valence-electron chi connectivity index (χ3n) is 1.54. The molecule has 0 radical (unpaired) electrons. The van der Waals surface area contributed by atoms with E-state index >= 15 is 0 Å². The van der Waals surface area contributed by atoms with Gasteiger partial charge in [0.25, 0.3) is 0 Å². The van der Waals surface area contributed by atoms with Crippen LogP contribution in [0.2, 0.25) is 0 Å². The lowest BCUT2D eigenvalue weighted by Gasteiger charge is -2.08. The Morgan fingerprint density at radius 3 is 2.31 bits per heavy atom. The molecular weight excluding hydrogens is 193 g/mol. The molecule has 0 rings (SSSR count). The van der Waals surface area contributed by atoms with E-state index in [9.17, 15) is 9.59 Å². The molecular formula is C7H10NO4P. The monoisotopic (exact) mass is 203 g/mol. The van der Waals surface area contributed by atoms with Crippen molar-refractivity contribution in [2.75, 3.05) is 7.11 Å². The number of carbonyl (C=O) groups is 2. The summed E-state index contributed by atoms with van der Waals surface area (Å²) in [5, 5.41) is 0. The van der Waals surface area contributed by atoms with Gasteiger partial charge in [0.05, 0.1) is 16.6 Å². The van der Waals surface area contributed by atoms with Crippen LogP contribution >= 0.6 is 9.47 Å². The molecule has 3 atom stereocenters. The summed E-state index contributed by atoms with van der Waals surface area (Å²) < 4.78 is 8.67. The second-order valence-corrected chi connectivity index (χ2v) is 2.56. The molecule has 0 N–H and O–H groups in total. The summed E-state index contributed by atoms with van der Waals surface area (Å²) in [5.74, 6) is -2.17. The van der Waals surface area contributed by atoms with E-state index in [1.807, 2.05) is 0 Å². The summed E-state index contributed by atoms with van der Waals surface area (Å²) in [6, 6.07) is -1.13. The minimum atomic E-state index is -1.13. The Morgan fingerprint density at radius 1 is 1.46 bits per heavy atom. The minimum absolute atomic E-state index is 0.628. The molecule has 0 saturated carbocycles. The molecule has 0 aromatic rings. The highest BCUT2D eigenvalue weighted by Crippen LogP contribution is 2.12. The molecule has 6 heteroatoms. The van der Waals surface area contributed by atoms with Crippen LogP contribution in [0, 0.1) is 12.5 Å². The number of hydrogen-bond acceptors (Lipinski definition) is 4. The van der Waals surface area contributed by atoms with Crippen molar-refractivity contribution in [1.29, 1.82) is 0 Å². The summed E-state index contributed by atoms with van der Waals surface area (Å²) >= 11 is 0. The highest BCUT2D eigenvalue weighted by Gasteiger charge is 2.37. The largest absolute Gasteiger partial charge is 0.463 e. The molecule has 72 valence electrons. The van der Waals surface area contributed by atoms with Gasteiger partial charge in [-0.3, -0.25) is 4.79 Å². The lowest BCUT2D eigenvalue weighted by atomic mass is 10.0. The van der Waals surface area contributed by atoms with Gasteiger partial charge < -0.3 is 14.1 Å². The molecule has 0 saturated heterocycles. The molecule has 0 heterocycles. The zero-order chi connectivity index (χ0) is 10.4. The van der Waals surface area contributed by atoms with E-state index in [0.717, 1.165) is 0 Å². The van der Waals surface area contributed by atoms with Crippen LogP contribution in [-0.2, 0) is 18.8 Å². The number of ether oxygens (including phenoxy) is 1. The van der Waals surface area contributed by atoms with Crippen LogP contribution in [0.4, 0.5) is 0 Å². The second kappa shape index (κ2) is 5.50. The Balaban J connectivity index is 4.51. The van der Waals surface area contributed by atoms with Crippen LogP contribution in [0.3, 0.4) is 0 Å². The van der Waals surface area contributed by atoms with E-state index in [-0.39, 0.29) is 0 Å². The molecule has 0 bridgehead atoms. The lowest BCUT2D eigenvalue weighted by molar-refractivity contribution is -0.147. The molecule has 3 unspecified atom stereocenters. The molecule has 0 amide bonds. The maximum absolute atomic E-state index is 11.0. The van der Waals surface area contributed by atoms with Crippen molar-refractivity contribution in [3.63, 3.8) is 0 Å². The van der Waals surface area contributed by atoms with Gasteiger partial charge in [-0.1, -0.05) is 0 Å². The Labute approximate surface area is 78.5 Å². The second-order valence-electron chi connectivity index (χ2n) is 2.32. The number of rotatable bonds is 3. The van der Waals surface area contributed by atoms with E-state index < -0.39 is 23.9 Å². The van der Waals surface area contributed by atoms with Gasteiger partial charge in [-0.05, 0) is 6.92 Å². The maximum Gasteiger partial charge on any atom is 0.390 e. The predicted octanol–water partition coefficient (Wildman–Crippen LogP) is 0.417. The van der Waals surface area contributed by atoms with E-state index in [1.165, 1.54) is 14.0 Å². The average molecular weight is 203 g/mol. The maximum atomic E-state index is 11.0. The normalized spacial score (nSPS) is 13.7. The van der Waals surface area contributed by atoms with Gasteiger partial charge >= 0.3 is 18.0 Å². The molecule has 0 aromatic heterocycles. The van der Waals surface area contributed by atoms with Crippen LogP contribution in [0.15, 0.2) is 0 Å². The standard InChI is InChI=1S/C7H10NO4P/c1-4(6(9)12-13)5(8-2)7(10)11-3/h4-5H,13H2,1,3H3. The molecule has 0 aliphatic heterocycles. The van der Waals surface area contributed by atoms with Gasteiger partial charge in [0.1, 0.15) is 5.92 Å². The zero-order valence-electron chi connectivity index (χ0n) is 7.31. The quantitative estimate of drug-likeness (QED) is 0.379. The third-order valence-corrected chi connectivity index (χ3v) is 1.78. The van der Waals surface area contributed by atoms with Gasteiger partial charge in [-0.15, -0.1) is 0 Å². The third kappa shape index (κ3) is 3.00. The van der Waals surface area contributed by atoms with Crippen molar-refractivity contribution < 1.29 is 18.8 Å². The first-order valence-electron chi connectivity index (χ1n) is 3.43.